The molecule has 0 saturated carbocycles. The highest BCUT2D eigenvalue weighted by Gasteiger charge is 2.19. The van der Waals surface area contributed by atoms with Crippen molar-refractivity contribution in [2.24, 2.45) is 0 Å². The molecule has 0 spiro atoms. The van der Waals surface area contributed by atoms with Gasteiger partial charge in [-0.05, 0) is 29.4 Å². The molecule has 0 amide bonds. The first-order valence-corrected chi connectivity index (χ1v) is 7.86. The quantitative estimate of drug-likeness (QED) is 0.557. The van der Waals surface area contributed by atoms with Crippen molar-refractivity contribution in [2.75, 3.05) is 5.73 Å². The average molecular weight is 338 g/mol. The lowest BCUT2D eigenvalue weighted by Gasteiger charge is -2.06. The zero-order chi connectivity index (χ0) is 16.7. The summed E-state index contributed by atoms with van der Waals surface area (Å²) in [6.45, 7) is 2.73. The van der Waals surface area contributed by atoms with Crippen molar-refractivity contribution >= 4 is 29.5 Å². The summed E-state index contributed by atoms with van der Waals surface area (Å²) in [4.78, 5) is 9.97. The Morgan fingerprint density at radius 3 is 2.79 bits per heavy atom. The van der Waals surface area contributed by atoms with Crippen molar-refractivity contribution < 1.29 is 4.63 Å². The van der Waals surface area contributed by atoms with Gasteiger partial charge < -0.3 is 10.3 Å². The Bertz CT molecular complexity index is 1040. The number of imidazole rings is 1. The van der Waals surface area contributed by atoms with Gasteiger partial charge in [0.1, 0.15) is 5.52 Å². The van der Waals surface area contributed by atoms with Crippen LogP contribution in [0.1, 0.15) is 6.92 Å². The van der Waals surface area contributed by atoms with Crippen LogP contribution >= 0.6 is 12.6 Å². The number of hydrogen-bond donors (Lipinski definition) is 2. The van der Waals surface area contributed by atoms with E-state index >= 15 is 0 Å². The van der Waals surface area contributed by atoms with Crippen LogP contribution in [0.25, 0.3) is 33.8 Å². The fraction of sp³-hybridized carbons (Fsp3) is 0.125. The molecular weight excluding hydrogens is 324 g/mol. The van der Waals surface area contributed by atoms with Crippen molar-refractivity contribution in [3.8, 4) is 22.8 Å². The van der Waals surface area contributed by atoms with Gasteiger partial charge in [-0.25, -0.2) is 9.61 Å². The minimum absolute atomic E-state index is 0.217. The lowest BCUT2D eigenvalue weighted by atomic mass is 10.1. The highest BCUT2D eigenvalue weighted by molar-refractivity contribution is 7.80. The maximum absolute atomic E-state index is 5.81. The van der Waals surface area contributed by atoms with E-state index in [1.54, 1.807) is 6.20 Å². The van der Waals surface area contributed by atoms with Crippen LogP contribution in [0.3, 0.4) is 0 Å². The van der Waals surface area contributed by atoms with Crippen LogP contribution < -0.4 is 5.73 Å². The van der Waals surface area contributed by atoms with Crippen molar-refractivity contribution in [3.63, 3.8) is 0 Å². The van der Waals surface area contributed by atoms with Gasteiger partial charge in [-0.2, -0.15) is 0 Å². The van der Waals surface area contributed by atoms with E-state index in [0.29, 0.717) is 18.1 Å². The SMILES string of the molecule is CCn1c(-c2nonc2N)nc2cnc(-c3ccccc3S)cc21. The Labute approximate surface area is 142 Å². The highest BCUT2D eigenvalue weighted by Crippen LogP contribution is 2.30. The van der Waals surface area contributed by atoms with Crippen LogP contribution in [0.15, 0.2) is 46.1 Å². The van der Waals surface area contributed by atoms with Gasteiger partial charge >= 0.3 is 0 Å². The first-order chi connectivity index (χ1) is 11.7. The summed E-state index contributed by atoms with van der Waals surface area (Å²) in [5.74, 6) is 0.832. The number of benzene rings is 1. The summed E-state index contributed by atoms with van der Waals surface area (Å²) >= 11 is 4.51. The van der Waals surface area contributed by atoms with E-state index in [0.717, 1.165) is 27.2 Å². The molecular formula is C16H14N6OS. The predicted octanol–water partition coefficient (Wildman–Crippen LogP) is 3.04. The van der Waals surface area contributed by atoms with E-state index in [9.17, 15) is 0 Å². The van der Waals surface area contributed by atoms with Crippen molar-refractivity contribution in [2.45, 2.75) is 18.4 Å². The first kappa shape index (κ1) is 14.7. The summed E-state index contributed by atoms with van der Waals surface area (Å²) in [5, 5.41) is 7.49. The molecule has 3 aromatic heterocycles. The maximum atomic E-state index is 5.81. The fourth-order valence-electron chi connectivity index (χ4n) is 2.72. The van der Waals surface area contributed by atoms with E-state index in [1.807, 2.05) is 41.8 Å². The molecule has 0 radical (unpaired) electrons. The molecule has 1 aromatic carbocycles. The van der Waals surface area contributed by atoms with Crippen LogP contribution in [0.2, 0.25) is 0 Å². The molecule has 2 N–H and O–H groups in total. The molecule has 8 heteroatoms. The van der Waals surface area contributed by atoms with E-state index in [-0.39, 0.29) is 5.82 Å². The monoisotopic (exact) mass is 338 g/mol. The largest absolute Gasteiger partial charge is 0.379 e. The minimum atomic E-state index is 0.217. The van der Waals surface area contributed by atoms with E-state index in [1.165, 1.54) is 0 Å². The van der Waals surface area contributed by atoms with Gasteiger partial charge in [0, 0.05) is 17.0 Å². The summed E-state index contributed by atoms with van der Waals surface area (Å²) in [6, 6.07) is 9.83. The number of aryl methyl sites for hydroxylation is 1. The van der Waals surface area contributed by atoms with Crippen LogP contribution in [-0.2, 0) is 6.54 Å². The van der Waals surface area contributed by atoms with Crippen molar-refractivity contribution in [1.29, 1.82) is 0 Å². The third kappa shape index (κ3) is 2.23. The Balaban J connectivity index is 1.95. The number of nitrogens with two attached hydrogens (primary N) is 1. The zero-order valence-corrected chi connectivity index (χ0v) is 13.7. The molecule has 0 aliphatic carbocycles. The molecule has 0 unspecified atom stereocenters. The molecule has 0 saturated heterocycles. The second-order valence-electron chi connectivity index (χ2n) is 5.25. The number of anilines is 1. The van der Waals surface area contributed by atoms with Gasteiger partial charge in [-0.15, -0.1) is 12.6 Å². The summed E-state index contributed by atoms with van der Waals surface area (Å²) < 4.78 is 6.71. The normalized spacial score (nSPS) is 11.2. The van der Waals surface area contributed by atoms with Crippen LogP contribution in [-0.4, -0.2) is 24.8 Å². The topological polar surface area (TPSA) is 95.7 Å². The first-order valence-electron chi connectivity index (χ1n) is 7.42. The van der Waals surface area contributed by atoms with Crippen molar-refractivity contribution in [1.82, 2.24) is 24.8 Å². The average Bonchev–Trinajstić information content (AvgIpc) is 3.17. The van der Waals surface area contributed by atoms with Crippen LogP contribution in [0.5, 0.6) is 0 Å². The fourth-order valence-corrected chi connectivity index (χ4v) is 2.99. The number of rotatable bonds is 3. The lowest BCUT2D eigenvalue weighted by Crippen LogP contribution is -2.00. The number of nitrogen functional groups attached to an aromatic ring is 1. The second kappa shape index (κ2) is 5.64. The number of aromatic nitrogens is 5. The minimum Gasteiger partial charge on any atom is -0.379 e. The van der Waals surface area contributed by atoms with Gasteiger partial charge in [0.2, 0.25) is 0 Å². The Morgan fingerprint density at radius 2 is 2.08 bits per heavy atom. The summed E-state index contributed by atoms with van der Waals surface area (Å²) in [5.41, 5.74) is 9.75. The smallest absolute Gasteiger partial charge is 0.199 e. The van der Waals surface area contributed by atoms with Gasteiger partial charge in [0.15, 0.2) is 17.3 Å². The molecule has 0 fully saturated rings. The van der Waals surface area contributed by atoms with E-state index < -0.39 is 0 Å². The van der Waals surface area contributed by atoms with Crippen LogP contribution in [0, 0.1) is 0 Å². The van der Waals surface area contributed by atoms with Gasteiger partial charge in [-0.3, -0.25) is 4.98 Å². The standard InChI is InChI=1S/C16H14N6OS/c1-2-22-12-7-10(9-5-3-4-6-13(9)24)18-8-11(12)19-16(22)14-15(17)21-23-20-14/h3-8,24H,2H2,1H3,(H2,17,21). The summed E-state index contributed by atoms with van der Waals surface area (Å²) in [7, 11) is 0. The second-order valence-corrected chi connectivity index (χ2v) is 5.73. The molecule has 7 nitrogen and oxygen atoms in total. The molecule has 4 rings (SSSR count). The van der Waals surface area contributed by atoms with Gasteiger partial charge in [0.05, 0.1) is 17.4 Å². The predicted molar refractivity (Wildman–Crippen MR) is 93.6 cm³/mol. The third-order valence-corrected chi connectivity index (χ3v) is 4.25. The number of fused-ring (bicyclic) bond motifs is 1. The van der Waals surface area contributed by atoms with Gasteiger partial charge in [0.25, 0.3) is 0 Å². The molecule has 120 valence electrons. The van der Waals surface area contributed by atoms with Crippen molar-refractivity contribution in [3.05, 3.63) is 36.5 Å². The zero-order valence-electron chi connectivity index (χ0n) is 12.8. The molecule has 24 heavy (non-hydrogen) atoms. The van der Waals surface area contributed by atoms with E-state index in [2.05, 4.69) is 32.9 Å². The third-order valence-electron chi connectivity index (χ3n) is 3.86. The summed E-state index contributed by atoms with van der Waals surface area (Å²) in [6.07, 6.45) is 1.74. The number of nitrogens with zero attached hydrogens (tertiary/aromatic N) is 5. The Kier molecular flexibility index (Phi) is 3.46. The maximum Gasteiger partial charge on any atom is 0.199 e. The molecule has 0 aliphatic heterocycles. The number of pyridine rings is 1. The molecule has 3 heterocycles. The molecule has 0 atom stereocenters. The number of thiol groups is 1. The molecule has 0 aliphatic rings. The molecule has 0 bridgehead atoms. The highest BCUT2D eigenvalue weighted by atomic mass is 32.1. The van der Waals surface area contributed by atoms with Gasteiger partial charge in [-0.1, -0.05) is 18.2 Å². The Hall–Kier alpha value is -2.87. The molecule has 4 aromatic rings. The van der Waals surface area contributed by atoms with Crippen LogP contribution in [0.4, 0.5) is 5.82 Å². The lowest BCUT2D eigenvalue weighted by molar-refractivity contribution is 0.310. The van der Waals surface area contributed by atoms with E-state index in [4.69, 9.17) is 10.4 Å². The Morgan fingerprint density at radius 1 is 1.25 bits per heavy atom. The number of hydrogen-bond acceptors (Lipinski definition) is 7.